The van der Waals surface area contributed by atoms with Gasteiger partial charge in [-0.3, -0.25) is 0 Å². The summed E-state index contributed by atoms with van der Waals surface area (Å²) in [6.45, 7) is 0. The van der Waals surface area contributed by atoms with Crippen molar-refractivity contribution in [2.45, 2.75) is 0 Å². The number of hydrogen-bond donors (Lipinski definition) is 0. The quantitative estimate of drug-likeness (QED) is 0.528. The van der Waals surface area contributed by atoms with E-state index in [9.17, 15) is 3.57 Å². The summed E-state index contributed by atoms with van der Waals surface area (Å²) in [6.07, 6.45) is 0. The maximum absolute atomic E-state index is 9.21. The van der Waals surface area contributed by atoms with Crippen LogP contribution in [0.15, 0.2) is 0 Å². The Bertz CT molecular complexity index is 40.1. The van der Waals surface area contributed by atoms with Crippen LogP contribution in [-0.2, 0) is 42.2 Å². The summed E-state index contributed by atoms with van der Waals surface area (Å²) in [5.74, 6) is 0. The Labute approximate surface area is 54.8 Å². The second kappa shape index (κ2) is 16.5. The molecule has 0 bridgehead atoms. The summed E-state index contributed by atoms with van der Waals surface area (Å²) >= 11 is 0.491. The van der Waals surface area contributed by atoms with Gasteiger partial charge in [0.2, 0.25) is 0 Å². The number of hydrogen-bond acceptors (Lipinski definition) is 3. The van der Waals surface area contributed by atoms with E-state index in [-0.39, 0.29) is 0 Å². The summed E-state index contributed by atoms with van der Waals surface area (Å²) < 4.78 is 26.2. The first-order valence-electron chi connectivity index (χ1n) is 1.06. The molecule has 3 nitrogen and oxygen atoms in total. The maximum atomic E-state index is 9.21. The summed E-state index contributed by atoms with van der Waals surface area (Å²) in [5, 5.41) is 0. The first-order valence-corrected chi connectivity index (χ1v) is 9.08. The topological polar surface area (TPSA) is 51.2 Å². The monoisotopic (exact) mass is 202 g/mol. The van der Waals surface area contributed by atoms with Crippen LogP contribution in [0, 0.1) is 0 Å². The fraction of sp³-hybridized carbons (Fsp3) is 0. The average molecular weight is 204 g/mol. The second-order valence-corrected chi connectivity index (χ2v) is 5.20. The number of rotatable bonds is 1. The predicted octanol–water partition coefficient (Wildman–Crippen LogP) is -0.742. The molecule has 6 heteroatoms. The van der Waals surface area contributed by atoms with Gasteiger partial charge in [0.25, 0.3) is 0 Å². The zero-order chi connectivity index (χ0) is 5.41. The second-order valence-electron chi connectivity index (χ2n) is 0.333. The van der Waals surface area contributed by atoms with Crippen molar-refractivity contribution >= 4 is 12.8 Å². The van der Waals surface area contributed by atoms with E-state index in [1.54, 1.807) is 0 Å². The zero-order valence-corrected chi connectivity index (χ0v) is 7.87. The molecule has 0 radical (unpaired) electrons. The van der Waals surface area contributed by atoms with E-state index in [1.165, 1.54) is 0 Å². The van der Waals surface area contributed by atoms with Gasteiger partial charge in [0, 0.05) is 0 Å². The Morgan fingerprint density at radius 1 is 1.50 bits per heavy atom. The molecule has 0 atom stereocenters. The van der Waals surface area contributed by atoms with Crippen LogP contribution >= 0.6 is 0 Å². The third-order valence-electron chi connectivity index (χ3n) is 0.0680. The van der Waals surface area contributed by atoms with E-state index in [2.05, 4.69) is 15.9 Å². The van der Waals surface area contributed by atoms with Crippen LogP contribution < -0.4 is 0 Å². The zero-order valence-electron chi connectivity index (χ0n) is 2.81. The molecule has 0 heterocycles. The third-order valence-corrected chi connectivity index (χ3v) is 1.06. The fourth-order valence-corrected chi connectivity index (χ4v) is 0. The predicted molar refractivity (Wildman–Crippen MR) is 7.81 cm³/mol. The first-order chi connectivity index (χ1) is 2.91. The van der Waals surface area contributed by atoms with E-state index in [1.807, 2.05) is 0 Å². The van der Waals surface area contributed by atoms with E-state index in [4.69, 9.17) is 7.64 Å². The molecule has 0 aliphatic carbocycles. The van der Waals surface area contributed by atoms with Crippen molar-refractivity contribution in [2.24, 2.45) is 0 Å². The van der Waals surface area contributed by atoms with Gasteiger partial charge in [-0.05, 0) is 0 Å². The van der Waals surface area contributed by atoms with Crippen molar-refractivity contribution in [3.63, 3.8) is 0 Å². The van der Waals surface area contributed by atoms with Gasteiger partial charge in [0.1, 0.15) is 0 Å². The van der Waals surface area contributed by atoms with Crippen LogP contribution in [0.3, 0.4) is 0 Å². The van der Waals surface area contributed by atoms with Gasteiger partial charge < -0.3 is 0 Å². The van der Waals surface area contributed by atoms with Crippen molar-refractivity contribution in [3.05, 3.63) is 0 Å². The molecule has 0 spiro atoms. The molecule has 0 aliphatic heterocycles. The molecule has 0 aromatic rings. The first kappa shape index (κ1) is 10.1. The summed E-state index contributed by atoms with van der Waals surface area (Å²) in [6, 6.07) is 0. The standard InChI is InChI=1S/Al.Cu.3O.Zn. The van der Waals surface area contributed by atoms with Crippen LogP contribution in [-0.4, -0.2) is 12.8 Å². The Balaban J connectivity index is 0. The van der Waals surface area contributed by atoms with Crippen molar-refractivity contribution in [3.8, 4) is 0 Å². The third kappa shape index (κ3) is 19.6. The van der Waals surface area contributed by atoms with E-state index in [0.29, 0.717) is 0 Å². The van der Waals surface area contributed by atoms with Gasteiger partial charge >= 0.3 is 55.0 Å². The Morgan fingerprint density at radius 2 is 1.67 bits per heavy atom. The van der Waals surface area contributed by atoms with Crippen molar-refractivity contribution in [1.82, 2.24) is 0 Å². The van der Waals surface area contributed by atoms with Crippen LogP contribution in [0.4, 0.5) is 0 Å². The van der Waals surface area contributed by atoms with Crippen LogP contribution in [0.25, 0.3) is 0 Å². The van der Waals surface area contributed by atoms with Gasteiger partial charge in [-0.15, -0.1) is 0 Å². The van der Waals surface area contributed by atoms with E-state index in [0.717, 1.165) is 0 Å². The van der Waals surface area contributed by atoms with Gasteiger partial charge in [-0.1, -0.05) is 0 Å². The van der Waals surface area contributed by atoms with Crippen molar-refractivity contribution in [1.29, 1.82) is 0 Å². The Hall–Kier alpha value is 1.08. The van der Waals surface area contributed by atoms with Crippen LogP contribution in [0.2, 0.25) is 0 Å². The van der Waals surface area contributed by atoms with Crippen molar-refractivity contribution in [2.75, 3.05) is 0 Å². The summed E-state index contributed by atoms with van der Waals surface area (Å²) in [5.41, 5.74) is 0. The van der Waals surface area contributed by atoms with Crippen LogP contribution in [0.5, 0.6) is 0 Å². The molecule has 0 fully saturated rings. The van der Waals surface area contributed by atoms with E-state index < -0.39 is 27.9 Å². The minimum absolute atomic E-state index is 0.836. The summed E-state index contributed by atoms with van der Waals surface area (Å²) in [7, 11) is 0. The van der Waals surface area contributed by atoms with E-state index >= 15 is 0 Å². The van der Waals surface area contributed by atoms with Gasteiger partial charge in [-0.25, -0.2) is 0 Å². The molecule has 0 saturated heterocycles. The Morgan fingerprint density at radius 3 is 1.67 bits per heavy atom. The molecule has 0 aliphatic rings. The molecule has 34 valence electrons. The molecule has 0 aromatic carbocycles. The molecular weight excluding hydrogens is 204 g/mol. The van der Waals surface area contributed by atoms with Gasteiger partial charge in [-0.2, -0.15) is 0 Å². The normalized spacial score (nSPS) is 3.00. The molecule has 0 saturated carbocycles. The minimum atomic E-state index is -1.61. The molecule has 0 N–H and O–H groups in total. The van der Waals surface area contributed by atoms with Crippen LogP contribution in [0.1, 0.15) is 0 Å². The Kier molecular flexibility index (Phi) is 28.0. The molecule has 0 unspecified atom stereocenters. The van der Waals surface area contributed by atoms with Gasteiger partial charge in [0.05, 0.1) is 0 Å². The fourth-order valence-electron chi connectivity index (χ4n) is 0. The molecule has 0 aromatic heterocycles. The molecule has 0 amide bonds. The van der Waals surface area contributed by atoms with Gasteiger partial charge in [0.15, 0.2) is 0 Å². The summed E-state index contributed by atoms with van der Waals surface area (Å²) in [4.78, 5) is 0. The molecular formula is AlCuO3Zn. The SMILES string of the molecule is [O]=[Al][Zn]=[O].[O]=[Cu]. The average Bonchev–Trinajstić information content (AvgIpc) is 1.72. The molecule has 0 rings (SSSR count). The molecule has 6 heavy (non-hydrogen) atoms. The van der Waals surface area contributed by atoms with Crippen molar-refractivity contribution < 1.29 is 42.2 Å².